The predicted octanol–water partition coefficient (Wildman–Crippen LogP) is 5.52. The van der Waals surface area contributed by atoms with E-state index in [1.165, 1.54) is 11.1 Å². The zero-order chi connectivity index (χ0) is 24.4. The van der Waals surface area contributed by atoms with E-state index in [9.17, 15) is 9.59 Å². The Labute approximate surface area is 205 Å². The topological polar surface area (TPSA) is 67.9 Å². The van der Waals surface area contributed by atoms with Crippen LogP contribution in [0.15, 0.2) is 66.7 Å². The number of aryl methyl sites for hydroxylation is 1. The maximum Gasteiger partial charge on any atom is 0.264 e. The van der Waals surface area contributed by atoms with E-state index in [1.807, 2.05) is 36.1 Å². The molecule has 0 bridgehead atoms. The normalized spacial score (nSPS) is 19.1. The molecule has 2 aliphatic rings. The van der Waals surface area contributed by atoms with E-state index in [4.69, 9.17) is 9.47 Å². The zero-order valence-electron chi connectivity index (χ0n) is 20.1. The maximum atomic E-state index is 13.6. The molecular weight excluding hydrogens is 440 g/mol. The molecule has 0 saturated heterocycles. The number of methoxy groups -OCH3 is 1. The smallest absolute Gasteiger partial charge is 0.264 e. The van der Waals surface area contributed by atoms with Gasteiger partial charge in [0, 0.05) is 16.8 Å². The first-order chi connectivity index (χ1) is 17.1. The molecule has 0 unspecified atom stereocenters. The minimum Gasteiger partial charge on any atom is -0.497 e. The number of carbonyl (C=O) groups is 2. The molecule has 1 N–H and O–H groups in total. The minimum absolute atomic E-state index is 0.0218. The number of carbonyl (C=O) groups excluding carboxylic acids is 2. The van der Waals surface area contributed by atoms with Crippen LogP contribution in [-0.2, 0) is 17.8 Å². The molecule has 1 aliphatic carbocycles. The van der Waals surface area contributed by atoms with Gasteiger partial charge in [-0.05, 0) is 79.3 Å². The van der Waals surface area contributed by atoms with Gasteiger partial charge in [0.05, 0.1) is 19.7 Å². The number of fused-ring (bicyclic) bond motifs is 2. The number of benzene rings is 3. The van der Waals surface area contributed by atoms with Gasteiger partial charge in [-0.25, -0.2) is 0 Å². The SMILES string of the molecule is CC[C@@H]1Oc2ccc(NC(=O)c3ccc(OC)cc3)cc2CN([C@H]2CCCc3ccccc32)C1=O. The van der Waals surface area contributed by atoms with Crippen molar-refractivity contribution >= 4 is 17.5 Å². The third-order valence-corrected chi connectivity index (χ3v) is 6.92. The fraction of sp³-hybridized carbons (Fsp3) is 0.310. The van der Waals surface area contributed by atoms with Crippen molar-refractivity contribution in [1.82, 2.24) is 4.90 Å². The largest absolute Gasteiger partial charge is 0.497 e. The van der Waals surface area contributed by atoms with Crippen LogP contribution < -0.4 is 14.8 Å². The van der Waals surface area contributed by atoms with Crippen molar-refractivity contribution in [2.45, 2.75) is 51.3 Å². The van der Waals surface area contributed by atoms with E-state index < -0.39 is 6.10 Å². The van der Waals surface area contributed by atoms with E-state index in [1.54, 1.807) is 31.4 Å². The van der Waals surface area contributed by atoms with E-state index in [0.717, 1.165) is 24.8 Å². The van der Waals surface area contributed by atoms with Gasteiger partial charge in [0.1, 0.15) is 11.5 Å². The Morgan fingerprint density at radius 1 is 1.09 bits per heavy atom. The highest BCUT2D eigenvalue weighted by molar-refractivity contribution is 6.04. The molecule has 0 aromatic heterocycles. The van der Waals surface area contributed by atoms with Crippen molar-refractivity contribution in [2.75, 3.05) is 12.4 Å². The molecule has 1 heterocycles. The highest BCUT2D eigenvalue weighted by atomic mass is 16.5. The summed E-state index contributed by atoms with van der Waals surface area (Å²) < 4.78 is 11.4. The monoisotopic (exact) mass is 470 g/mol. The lowest BCUT2D eigenvalue weighted by atomic mass is 9.86. The van der Waals surface area contributed by atoms with Crippen molar-refractivity contribution in [1.29, 1.82) is 0 Å². The summed E-state index contributed by atoms with van der Waals surface area (Å²) in [6.07, 6.45) is 3.10. The Morgan fingerprint density at radius 3 is 2.66 bits per heavy atom. The number of hydrogen-bond donors (Lipinski definition) is 1. The first kappa shape index (κ1) is 23.0. The van der Waals surface area contributed by atoms with Gasteiger partial charge >= 0.3 is 0 Å². The lowest BCUT2D eigenvalue weighted by Gasteiger charge is -2.36. The summed E-state index contributed by atoms with van der Waals surface area (Å²) in [5.41, 5.74) is 4.65. The molecule has 180 valence electrons. The summed E-state index contributed by atoms with van der Waals surface area (Å²) in [6, 6.07) is 21.0. The van der Waals surface area contributed by atoms with Gasteiger partial charge in [-0.15, -0.1) is 0 Å². The summed E-state index contributed by atoms with van der Waals surface area (Å²) in [4.78, 5) is 28.4. The Balaban J connectivity index is 1.43. The number of nitrogens with one attached hydrogen (secondary N) is 1. The summed E-state index contributed by atoms with van der Waals surface area (Å²) in [7, 11) is 1.59. The van der Waals surface area contributed by atoms with E-state index in [0.29, 0.717) is 35.7 Å². The van der Waals surface area contributed by atoms with Gasteiger partial charge in [-0.2, -0.15) is 0 Å². The van der Waals surface area contributed by atoms with Gasteiger partial charge in [-0.3, -0.25) is 9.59 Å². The average Bonchev–Trinajstić information content (AvgIpc) is 3.04. The second kappa shape index (κ2) is 9.82. The van der Waals surface area contributed by atoms with Crippen molar-refractivity contribution in [3.8, 4) is 11.5 Å². The van der Waals surface area contributed by atoms with Crippen LogP contribution in [0.5, 0.6) is 11.5 Å². The lowest BCUT2D eigenvalue weighted by Crippen LogP contribution is -2.42. The van der Waals surface area contributed by atoms with Crippen LogP contribution in [-0.4, -0.2) is 29.9 Å². The fourth-order valence-electron chi connectivity index (χ4n) is 5.07. The second-order valence-electron chi connectivity index (χ2n) is 9.09. The molecule has 6 heteroatoms. The number of rotatable bonds is 5. The van der Waals surface area contributed by atoms with Gasteiger partial charge in [0.15, 0.2) is 6.10 Å². The molecule has 0 radical (unpaired) electrons. The fourth-order valence-corrected chi connectivity index (χ4v) is 5.07. The highest BCUT2D eigenvalue weighted by Gasteiger charge is 2.36. The quantitative estimate of drug-likeness (QED) is 0.533. The summed E-state index contributed by atoms with van der Waals surface area (Å²) in [6.45, 7) is 2.42. The summed E-state index contributed by atoms with van der Waals surface area (Å²) >= 11 is 0. The Bertz CT molecular complexity index is 1240. The molecule has 0 spiro atoms. The Kier molecular flexibility index (Phi) is 6.45. The maximum absolute atomic E-state index is 13.6. The standard InChI is InChI=1S/C29H30N2O4/c1-3-26-29(33)31(25-10-6-8-19-7-4-5-9-24(19)25)18-21-17-22(13-16-27(21)35-26)30-28(32)20-11-14-23(34-2)15-12-20/h4-5,7,9,11-17,25-26H,3,6,8,10,18H2,1-2H3,(H,30,32)/t25-,26-/m0/s1. The van der Waals surface area contributed by atoms with Crippen LogP contribution in [0.3, 0.4) is 0 Å². The summed E-state index contributed by atoms with van der Waals surface area (Å²) in [5, 5.41) is 2.97. The van der Waals surface area contributed by atoms with Crippen molar-refractivity contribution in [2.24, 2.45) is 0 Å². The van der Waals surface area contributed by atoms with E-state index in [2.05, 4.69) is 23.5 Å². The molecule has 5 rings (SSSR count). The average molecular weight is 471 g/mol. The summed E-state index contributed by atoms with van der Waals surface area (Å²) in [5.74, 6) is 1.21. The molecule has 3 aromatic rings. The molecule has 3 aromatic carbocycles. The number of anilines is 1. The van der Waals surface area contributed by atoms with Crippen LogP contribution in [0, 0.1) is 0 Å². The van der Waals surface area contributed by atoms with Gasteiger partial charge in [-0.1, -0.05) is 31.2 Å². The van der Waals surface area contributed by atoms with Gasteiger partial charge in [0.25, 0.3) is 11.8 Å². The van der Waals surface area contributed by atoms with E-state index >= 15 is 0 Å². The molecule has 2 amide bonds. The molecule has 2 atom stereocenters. The van der Waals surface area contributed by atoms with Gasteiger partial charge in [0.2, 0.25) is 0 Å². The lowest BCUT2D eigenvalue weighted by molar-refractivity contribution is -0.141. The van der Waals surface area contributed by atoms with Gasteiger partial charge < -0.3 is 19.7 Å². The van der Waals surface area contributed by atoms with Crippen molar-refractivity contribution < 1.29 is 19.1 Å². The molecule has 35 heavy (non-hydrogen) atoms. The predicted molar refractivity (Wildman–Crippen MR) is 135 cm³/mol. The second-order valence-corrected chi connectivity index (χ2v) is 9.09. The van der Waals surface area contributed by atoms with Crippen LogP contribution >= 0.6 is 0 Å². The van der Waals surface area contributed by atoms with Crippen LogP contribution in [0.25, 0.3) is 0 Å². The molecule has 0 saturated carbocycles. The number of hydrogen-bond acceptors (Lipinski definition) is 4. The van der Waals surface area contributed by atoms with Crippen LogP contribution in [0.4, 0.5) is 5.69 Å². The third-order valence-electron chi connectivity index (χ3n) is 6.92. The van der Waals surface area contributed by atoms with E-state index in [-0.39, 0.29) is 17.9 Å². The third kappa shape index (κ3) is 4.61. The highest BCUT2D eigenvalue weighted by Crippen LogP contribution is 2.39. The Hall–Kier alpha value is -3.80. The molecule has 0 fully saturated rings. The first-order valence-corrected chi connectivity index (χ1v) is 12.2. The van der Waals surface area contributed by atoms with Crippen LogP contribution in [0.2, 0.25) is 0 Å². The van der Waals surface area contributed by atoms with Crippen molar-refractivity contribution in [3.63, 3.8) is 0 Å². The molecular formula is C29H30N2O4. The van der Waals surface area contributed by atoms with Crippen molar-refractivity contribution in [3.05, 3.63) is 89.0 Å². The Morgan fingerprint density at radius 2 is 1.89 bits per heavy atom. The number of amides is 2. The number of ether oxygens (including phenoxy) is 2. The zero-order valence-corrected chi connectivity index (χ0v) is 20.1. The molecule has 6 nitrogen and oxygen atoms in total. The number of nitrogens with zero attached hydrogens (tertiary/aromatic N) is 1. The minimum atomic E-state index is -0.523. The molecule has 1 aliphatic heterocycles. The van der Waals surface area contributed by atoms with Crippen LogP contribution in [0.1, 0.15) is 59.3 Å². The first-order valence-electron chi connectivity index (χ1n) is 12.2.